The van der Waals surface area contributed by atoms with Crippen LogP contribution in [0, 0.1) is 11.3 Å². The van der Waals surface area contributed by atoms with E-state index in [2.05, 4.69) is 44.7 Å². The van der Waals surface area contributed by atoms with Crippen LogP contribution < -0.4 is 10.6 Å². The van der Waals surface area contributed by atoms with Gasteiger partial charge in [-0.15, -0.1) is 0 Å². The van der Waals surface area contributed by atoms with Gasteiger partial charge >= 0.3 is 0 Å². The summed E-state index contributed by atoms with van der Waals surface area (Å²) >= 11 is 0. The summed E-state index contributed by atoms with van der Waals surface area (Å²) < 4.78 is 8.16. The maximum atomic E-state index is 5.98. The van der Waals surface area contributed by atoms with Crippen LogP contribution in [0.25, 0.3) is 0 Å². The van der Waals surface area contributed by atoms with Crippen molar-refractivity contribution in [1.29, 1.82) is 0 Å². The Hall–Kier alpha value is -1.49. The summed E-state index contributed by atoms with van der Waals surface area (Å²) in [6.45, 7) is 2.78. The molecule has 1 saturated heterocycles. The number of hydrogen-bond donors (Lipinski definition) is 2. The van der Waals surface area contributed by atoms with Gasteiger partial charge in [0.05, 0.1) is 6.10 Å². The van der Waals surface area contributed by atoms with E-state index in [-0.39, 0.29) is 0 Å². The van der Waals surface area contributed by atoms with Crippen molar-refractivity contribution in [3.8, 4) is 0 Å². The minimum absolute atomic E-state index is 0.402. The molecule has 1 spiro atoms. The summed E-state index contributed by atoms with van der Waals surface area (Å²) in [6.07, 6.45) is 9.87. The fourth-order valence-corrected chi connectivity index (χ4v) is 4.62. The van der Waals surface area contributed by atoms with Crippen molar-refractivity contribution >= 4 is 5.96 Å². The molecule has 0 bridgehead atoms. The number of nitrogens with one attached hydrogen (secondary N) is 2. The van der Waals surface area contributed by atoms with Crippen molar-refractivity contribution < 1.29 is 4.74 Å². The van der Waals surface area contributed by atoms with Crippen molar-refractivity contribution in [3.63, 3.8) is 0 Å². The third-order valence-corrected chi connectivity index (χ3v) is 5.88. The van der Waals surface area contributed by atoms with E-state index in [4.69, 9.17) is 4.74 Å². The molecule has 3 unspecified atom stereocenters. The van der Waals surface area contributed by atoms with Gasteiger partial charge in [0.2, 0.25) is 0 Å². The van der Waals surface area contributed by atoms with Crippen LogP contribution in [0.1, 0.15) is 25.7 Å². The topological polar surface area (TPSA) is 50.6 Å². The second-order valence-electron chi connectivity index (χ2n) is 6.87. The van der Waals surface area contributed by atoms with Crippen LogP contribution in [0.5, 0.6) is 0 Å². The van der Waals surface area contributed by atoms with Crippen LogP contribution in [0.15, 0.2) is 29.5 Å². The molecule has 2 aliphatic carbocycles. The van der Waals surface area contributed by atoms with E-state index < -0.39 is 0 Å². The van der Waals surface area contributed by atoms with E-state index in [1.165, 1.54) is 25.7 Å². The first-order chi connectivity index (χ1) is 10.8. The molecule has 1 aliphatic heterocycles. The molecule has 2 N–H and O–H groups in total. The zero-order valence-corrected chi connectivity index (χ0v) is 13.3. The Labute approximate surface area is 132 Å². The number of hydrogen-bond acceptors (Lipinski definition) is 2. The van der Waals surface area contributed by atoms with E-state index >= 15 is 0 Å². The van der Waals surface area contributed by atoms with Gasteiger partial charge < -0.3 is 19.9 Å². The van der Waals surface area contributed by atoms with Gasteiger partial charge in [-0.2, -0.15) is 0 Å². The molecule has 0 radical (unpaired) electrons. The molecule has 22 heavy (non-hydrogen) atoms. The van der Waals surface area contributed by atoms with Crippen LogP contribution in [0.3, 0.4) is 0 Å². The van der Waals surface area contributed by atoms with E-state index in [1.807, 2.05) is 7.05 Å². The molecule has 3 aliphatic rings. The lowest BCUT2D eigenvalue weighted by Gasteiger charge is -2.63. The largest absolute Gasteiger partial charge is 0.377 e. The molecule has 2 heterocycles. The van der Waals surface area contributed by atoms with Gasteiger partial charge in [0.25, 0.3) is 0 Å². The van der Waals surface area contributed by atoms with Crippen molar-refractivity contribution in [2.45, 2.75) is 44.4 Å². The molecule has 5 heteroatoms. The molecule has 1 aromatic rings. The minimum atomic E-state index is 0.402. The molecular weight excluding hydrogens is 276 g/mol. The fourth-order valence-electron chi connectivity index (χ4n) is 4.62. The Kier molecular flexibility index (Phi) is 3.60. The lowest BCUT2D eigenvalue weighted by molar-refractivity contribution is -0.171. The number of aliphatic imine (C=N–C) groups is 1. The zero-order chi connectivity index (χ0) is 15.0. The second kappa shape index (κ2) is 5.61. The Bertz CT molecular complexity index is 535. The van der Waals surface area contributed by atoms with Gasteiger partial charge in [-0.25, -0.2) is 0 Å². The third-order valence-electron chi connectivity index (χ3n) is 5.88. The van der Waals surface area contributed by atoms with Crippen LogP contribution in [-0.4, -0.2) is 42.9 Å². The standard InChI is InChI=1S/C17H26N4O/c1-18-16(19-8-11-21-9-2-3-10-21)20-14-13-5-12-22-15(13)17(14)6-4-7-17/h2-3,9-10,13-15H,4-8,11-12H2,1H3,(H2,18,19,20). The highest BCUT2D eigenvalue weighted by Crippen LogP contribution is 2.62. The van der Waals surface area contributed by atoms with Crippen LogP contribution in [0.2, 0.25) is 0 Å². The fraction of sp³-hybridized carbons (Fsp3) is 0.706. The number of aromatic nitrogens is 1. The second-order valence-corrected chi connectivity index (χ2v) is 6.87. The van der Waals surface area contributed by atoms with Gasteiger partial charge in [0.1, 0.15) is 0 Å². The monoisotopic (exact) mass is 302 g/mol. The molecule has 0 aromatic carbocycles. The number of nitrogens with zero attached hydrogens (tertiary/aromatic N) is 2. The number of fused-ring (bicyclic) bond motifs is 2. The highest BCUT2D eigenvalue weighted by Gasteiger charge is 2.66. The van der Waals surface area contributed by atoms with Crippen LogP contribution >= 0.6 is 0 Å². The Morgan fingerprint density at radius 1 is 1.36 bits per heavy atom. The maximum absolute atomic E-state index is 5.98. The molecule has 2 saturated carbocycles. The first-order valence-corrected chi connectivity index (χ1v) is 8.53. The normalized spacial score (nSPS) is 32.2. The van der Waals surface area contributed by atoms with Crippen molar-refractivity contribution in [3.05, 3.63) is 24.5 Å². The smallest absolute Gasteiger partial charge is 0.191 e. The Morgan fingerprint density at radius 3 is 2.86 bits per heavy atom. The summed E-state index contributed by atoms with van der Waals surface area (Å²) in [5, 5.41) is 7.15. The first-order valence-electron chi connectivity index (χ1n) is 8.53. The SMILES string of the molecule is CN=C(NCCn1cccc1)NC1C2CCOC2C12CCC2. The van der Waals surface area contributed by atoms with Crippen LogP contribution in [0.4, 0.5) is 0 Å². The number of ether oxygens (including phenoxy) is 1. The van der Waals surface area contributed by atoms with E-state index in [9.17, 15) is 0 Å². The van der Waals surface area contributed by atoms with Gasteiger partial charge in [-0.1, -0.05) is 6.42 Å². The molecule has 120 valence electrons. The quantitative estimate of drug-likeness (QED) is 0.656. The number of guanidine groups is 1. The molecule has 3 fully saturated rings. The summed E-state index contributed by atoms with van der Waals surface area (Å²) in [5.41, 5.74) is 0.402. The van der Waals surface area contributed by atoms with Gasteiger partial charge in [0.15, 0.2) is 5.96 Å². The zero-order valence-electron chi connectivity index (χ0n) is 13.3. The molecule has 1 aromatic heterocycles. The van der Waals surface area contributed by atoms with Gasteiger partial charge in [-0.05, 0) is 31.4 Å². The highest BCUT2D eigenvalue weighted by molar-refractivity contribution is 5.80. The summed E-state index contributed by atoms with van der Waals surface area (Å²) in [6, 6.07) is 4.66. The molecule has 4 rings (SSSR count). The molecule has 5 nitrogen and oxygen atoms in total. The van der Waals surface area contributed by atoms with E-state index in [1.54, 1.807) is 0 Å². The van der Waals surface area contributed by atoms with Crippen LogP contribution in [-0.2, 0) is 11.3 Å². The van der Waals surface area contributed by atoms with E-state index in [0.717, 1.165) is 25.7 Å². The van der Waals surface area contributed by atoms with E-state index in [0.29, 0.717) is 23.5 Å². The third kappa shape index (κ3) is 2.14. The average Bonchev–Trinajstić information content (AvgIpc) is 3.11. The summed E-state index contributed by atoms with van der Waals surface area (Å²) in [7, 11) is 1.86. The molecule has 3 atom stereocenters. The lowest BCUT2D eigenvalue weighted by atomic mass is 9.46. The maximum Gasteiger partial charge on any atom is 0.191 e. The average molecular weight is 302 g/mol. The number of rotatable bonds is 4. The Morgan fingerprint density at radius 2 is 2.18 bits per heavy atom. The lowest BCUT2D eigenvalue weighted by Crippen LogP contribution is -2.72. The van der Waals surface area contributed by atoms with Gasteiger partial charge in [0, 0.05) is 56.5 Å². The molecular formula is C17H26N4O. The Balaban J connectivity index is 1.33. The minimum Gasteiger partial charge on any atom is -0.377 e. The first kappa shape index (κ1) is 14.1. The highest BCUT2D eigenvalue weighted by atomic mass is 16.5. The van der Waals surface area contributed by atoms with Crippen molar-refractivity contribution in [2.75, 3.05) is 20.2 Å². The predicted molar refractivity (Wildman–Crippen MR) is 86.8 cm³/mol. The summed E-state index contributed by atoms with van der Waals surface area (Å²) in [5.74, 6) is 1.62. The molecule has 0 amide bonds. The van der Waals surface area contributed by atoms with Gasteiger partial charge in [-0.3, -0.25) is 4.99 Å². The predicted octanol–water partition coefficient (Wildman–Crippen LogP) is 1.61. The summed E-state index contributed by atoms with van der Waals surface area (Å²) in [4.78, 5) is 4.41. The van der Waals surface area contributed by atoms with Crippen molar-refractivity contribution in [2.24, 2.45) is 16.3 Å². The van der Waals surface area contributed by atoms with Crippen molar-refractivity contribution in [1.82, 2.24) is 15.2 Å².